The number of amides is 1. The minimum absolute atomic E-state index is 0.0128. The smallest absolute Gasteiger partial charge is 0.272 e. The lowest BCUT2D eigenvalue weighted by atomic mass is 10.1. The third-order valence-electron chi connectivity index (χ3n) is 3.84. The van der Waals surface area contributed by atoms with Crippen LogP contribution in [0, 0.1) is 6.92 Å². The third kappa shape index (κ3) is 5.99. The molecule has 0 aliphatic heterocycles. The van der Waals surface area contributed by atoms with Crippen LogP contribution in [-0.4, -0.2) is 34.2 Å². The second-order valence-corrected chi connectivity index (χ2v) is 7.81. The summed E-state index contributed by atoms with van der Waals surface area (Å²) in [7, 11) is 1.84. The van der Waals surface area contributed by atoms with Crippen molar-refractivity contribution in [2.75, 3.05) is 13.6 Å². The molecular formula is C20H33N3O. The van der Waals surface area contributed by atoms with E-state index >= 15 is 0 Å². The third-order valence-corrected chi connectivity index (χ3v) is 3.84. The van der Waals surface area contributed by atoms with Crippen molar-refractivity contribution < 1.29 is 4.79 Å². The first-order valence-corrected chi connectivity index (χ1v) is 8.64. The van der Waals surface area contributed by atoms with Crippen molar-refractivity contribution in [1.82, 2.24) is 14.7 Å². The summed E-state index contributed by atoms with van der Waals surface area (Å²) in [5, 5.41) is 4.48. The number of hydrogen-bond acceptors (Lipinski definition) is 2. The summed E-state index contributed by atoms with van der Waals surface area (Å²) in [5.74, 6) is 0.0128. The van der Waals surface area contributed by atoms with Gasteiger partial charge in [0.1, 0.15) is 5.69 Å². The lowest BCUT2D eigenvalue weighted by Crippen LogP contribution is -2.33. The molecule has 0 aromatic carbocycles. The van der Waals surface area contributed by atoms with Crippen molar-refractivity contribution >= 4 is 5.91 Å². The Morgan fingerprint density at radius 2 is 1.88 bits per heavy atom. The number of rotatable bonds is 6. The number of carbonyl (C=O) groups excluding carboxylic acids is 1. The normalized spacial score (nSPS) is 12.2. The van der Waals surface area contributed by atoms with E-state index in [1.807, 2.05) is 24.7 Å². The fraction of sp³-hybridized carbons (Fsp3) is 0.600. The zero-order chi connectivity index (χ0) is 18.5. The fourth-order valence-corrected chi connectivity index (χ4v) is 2.42. The van der Waals surface area contributed by atoms with Crippen LogP contribution in [0.1, 0.15) is 70.6 Å². The molecule has 0 N–H and O–H groups in total. The van der Waals surface area contributed by atoms with Crippen LogP contribution in [0.25, 0.3) is 0 Å². The molecular weight excluding hydrogens is 298 g/mol. The van der Waals surface area contributed by atoms with Gasteiger partial charge in [-0.3, -0.25) is 9.48 Å². The highest BCUT2D eigenvalue weighted by molar-refractivity contribution is 5.92. The Balaban J connectivity index is 2.77. The van der Waals surface area contributed by atoms with Gasteiger partial charge in [0.05, 0.1) is 11.2 Å². The molecule has 0 aliphatic rings. The summed E-state index contributed by atoms with van der Waals surface area (Å²) in [6.45, 7) is 15.1. The van der Waals surface area contributed by atoms with Gasteiger partial charge in [-0.2, -0.15) is 5.10 Å². The van der Waals surface area contributed by atoms with Gasteiger partial charge in [-0.1, -0.05) is 23.3 Å². The molecule has 1 heterocycles. The van der Waals surface area contributed by atoms with E-state index in [-0.39, 0.29) is 11.4 Å². The van der Waals surface area contributed by atoms with E-state index in [4.69, 9.17) is 0 Å². The molecule has 0 spiro atoms. The topological polar surface area (TPSA) is 38.1 Å². The number of carbonyl (C=O) groups is 1. The molecule has 0 fully saturated rings. The molecule has 1 amide bonds. The Hall–Kier alpha value is -1.84. The number of nitrogens with zero attached hydrogens (tertiary/aromatic N) is 3. The molecule has 0 atom stereocenters. The zero-order valence-corrected chi connectivity index (χ0v) is 16.6. The van der Waals surface area contributed by atoms with Gasteiger partial charge in [-0.15, -0.1) is 0 Å². The first kappa shape index (κ1) is 20.2. The van der Waals surface area contributed by atoms with Gasteiger partial charge in [-0.25, -0.2) is 0 Å². The van der Waals surface area contributed by atoms with Crippen molar-refractivity contribution in [3.8, 4) is 0 Å². The highest BCUT2D eigenvalue weighted by atomic mass is 16.2. The Bertz CT molecular complexity index is 626. The molecule has 134 valence electrons. The SMILES string of the molecule is CC(C)=CCC/C(C)=C/CN(C)C(=O)c1cc(C)nn1C(C)(C)C. The number of aromatic nitrogens is 2. The summed E-state index contributed by atoms with van der Waals surface area (Å²) in [5.41, 5.74) is 3.97. The summed E-state index contributed by atoms with van der Waals surface area (Å²) in [4.78, 5) is 14.5. The molecule has 4 heteroatoms. The lowest BCUT2D eigenvalue weighted by Gasteiger charge is -2.24. The van der Waals surface area contributed by atoms with E-state index in [0.29, 0.717) is 12.2 Å². The maximum atomic E-state index is 12.8. The second-order valence-electron chi connectivity index (χ2n) is 7.81. The predicted molar refractivity (Wildman–Crippen MR) is 101 cm³/mol. The average Bonchev–Trinajstić information content (AvgIpc) is 2.85. The van der Waals surface area contributed by atoms with E-state index in [1.165, 1.54) is 11.1 Å². The highest BCUT2D eigenvalue weighted by Gasteiger charge is 2.24. The molecule has 1 rings (SSSR count). The molecule has 1 aromatic heterocycles. The van der Waals surface area contributed by atoms with Crippen molar-refractivity contribution in [1.29, 1.82) is 0 Å². The van der Waals surface area contributed by atoms with Gasteiger partial charge in [0, 0.05) is 13.6 Å². The van der Waals surface area contributed by atoms with Crippen LogP contribution in [0.3, 0.4) is 0 Å². The predicted octanol–water partition coefficient (Wildman–Crippen LogP) is 4.71. The monoisotopic (exact) mass is 331 g/mol. The van der Waals surface area contributed by atoms with Crippen molar-refractivity contribution in [2.24, 2.45) is 0 Å². The lowest BCUT2D eigenvalue weighted by molar-refractivity contribution is 0.0789. The largest absolute Gasteiger partial charge is 0.337 e. The van der Waals surface area contributed by atoms with Crippen LogP contribution < -0.4 is 0 Å². The summed E-state index contributed by atoms with van der Waals surface area (Å²) in [6.07, 6.45) is 6.48. The van der Waals surface area contributed by atoms with Gasteiger partial charge in [-0.05, 0) is 67.4 Å². The Kier molecular flexibility index (Phi) is 7.00. The first-order valence-electron chi connectivity index (χ1n) is 8.64. The van der Waals surface area contributed by atoms with Crippen LogP contribution in [0.4, 0.5) is 0 Å². The Labute approximate surface area is 147 Å². The van der Waals surface area contributed by atoms with Gasteiger partial charge in [0.25, 0.3) is 5.91 Å². The molecule has 1 aromatic rings. The highest BCUT2D eigenvalue weighted by Crippen LogP contribution is 2.18. The maximum Gasteiger partial charge on any atom is 0.272 e. The van der Waals surface area contributed by atoms with Gasteiger partial charge >= 0.3 is 0 Å². The molecule has 24 heavy (non-hydrogen) atoms. The second kappa shape index (κ2) is 8.32. The molecule has 0 aliphatic carbocycles. The average molecular weight is 332 g/mol. The van der Waals surface area contributed by atoms with E-state index in [2.05, 4.69) is 58.8 Å². The number of hydrogen-bond donors (Lipinski definition) is 0. The number of allylic oxidation sites excluding steroid dienone is 3. The Morgan fingerprint density at radius 3 is 2.42 bits per heavy atom. The molecule has 0 unspecified atom stereocenters. The molecule has 0 saturated carbocycles. The van der Waals surface area contributed by atoms with Crippen LogP contribution in [0.15, 0.2) is 29.4 Å². The van der Waals surface area contributed by atoms with E-state index in [9.17, 15) is 4.79 Å². The fourth-order valence-electron chi connectivity index (χ4n) is 2.42. The quantitative estimate of drug-likeness (QED) is 0.708. The zero-order valence-electron chi connectivity index (χ0n) is 16.6. The minimum Gasteiger partial charge on any atom is -0.337 e. The van der Waals surface area contributed by atoms with Gasteiger partial charge in [0.2, 0.25) is 0 Å². The number of aryl methyl sites for hydroxylation is 1. The van der Waals surface area contributed by atoms with Crippen molar-refractivity contribution in [2.45, 2.75) is 66.8 Å². The first-order chi connectivity index (χ1) is 11.0. The van der Waals surface area contributed by atoms with Crippen molar-refractivity contribution in [3.63, 3.8) is 0 Å². The summed E-state index contributed by atoms with van der Waals surface area (Å²) < 4.78 is 1.83. The van der Waals surface area contributed by atoms with E-state index in [0.717, 1.165) is 18.5 Å². The molecule has 0 saturated heterocycles. The summed E-state index contributed by atoms with van der Waals surface area (Å²) >= 11 is 0. The van der Waals surface area contributed by atoms with Crippen LogP contribution in [-0.2, 0) is 5.54 Å². The van der Waals surface area contributed by atoms with E-state index < -0.39 is 0 Å². The van der Waals surface area contributed by atoms with Gasteiger partial charge < -0.3 is 4.90 Å². The molecule has 0 bridgehead atoms. The van der Waals surface area contributed by atoms with E-state index in [1.54, 1.807) is 4.90 Å². The van der Waals surface area contributed by atoms with Crippen LogP contribution >= 0.6 is 0 Å². The van der Waals surface area contributed by atoms with Crippen LogP contribution in [0.5, 0.6) is 0 Å². The van der Waals surface area contributed by atoms with Crippen molar-refractivity contribution in [3.05, 3.63) is 40.8 Å². The standard InChI is InChI=1S/C20H33N3O/c1-15(2)10-9-11-16(3)12-13-22(8)19(24)18-14-17(4)21-23(18)20(5,6)7/h10,12,14H,9,11,13H2,1-8H3/b16-12+. The van der Waals surface area contributed by atoms with Gasteiger partial charge in [0.15, 0.2) is 0 Å². The minimum atomic E-state index is -0.212. The maximum absolute atomic E-state index is 12.8. The van der Waals surface area contributed by atoms with Crippen LogP contribution in [0.2, 0.25) is 0 Å². The molecule has 0 radical (unpaired) electrons. The number of likely N-dealkylation sites (N-methyl/N-ethyl adjacent to an activating group) is 1. The Morgan fingerprint density at radius 1 is 1.25 bits per heavy atom. The summed E-state index contributed by atoms with van der Waals surface area (Å²) in [6, 6.07) is 1.87. The molecule has 4 nitrogen and oxygen atoms in total.